The molecule has 2 aromatic rings. The van der Waals surface area contributed by atoms with Gasteiger partial charge in [-0.3, -0.25) is 9.88 Å². The maximum Gasteiger partial charge on any atom is 0.251 e. The lowest BCUT2D eigenvalue weighted by Crippen LogP contribution is -2.31. The van der Waals surface area contributed by atoms with E-state index in [-0.39, 0.29) is 19.7 Å². The van der Waals surface area contributed by atoms with Crippen LogP contribution in [0.2, 0.25) is 0 Å². The van der Waals surface area contributed by atoms with Crippen LogP contribution in [0.1, 0.15) is 5.69 Å². The third kappa shape index (κ3) is 3.94. The molecule has 3 nitrogen and oxygen atoms in total. The second-order valence-corrected chi connectivity index (χ2v) is 4.35. The lowest BCUT2D eigenvalue weighted by atomic mass is 10.2. The molecule has 102 valence electrons. The molecular formula is C14H16F2N2O. The van der Waals surface area contributed by atoms with E-state index < -0.39 is 6.43 Å². The highest BCUT2D eigenvalue weighted by Gasteiger charge is 2.12. The van der Waals surface area contributed by atoms with Gasteiger partial charge in [0, 0.05) is 18.5 Å². The number of fused-ring (bicyclic) bond motifs is 1. The van der Waals surface area contributed by atoms with Gasteiger partial charge in [-0.2, -0.15) is 0 Å². The number of hydrogen-bond acceptors (Lipinski definition) is 3. The zero-order valence-corrected chi connectivity index (χ0v) is 10.5. The Morgan fingerprint density at radius 3 is 2.68 bits per heavy atom. The van der Waals surface area contributed by atoms with E-state index >= 15 is 0 Å². The minimum Gasteiger partial charge on any atom is -0.395 e. The standard InChI is InChI=1S/C14H16F2N2O/c15-14(16)10-18(7-8-19)9-12-6-5-11-3-1-2-4-13(11)17-12/h1-6,14,19H,7-10H2. The van der Waals surface area contributed by atoms with Crippen molar-refractivity contribution in [1.29, 1.82) is 0 Å². The minimum absolute atomic E-state index is 0.139. The zero-order chi connectivity index (χ0) is 13.7. The summed E-state index contributed by atoms with van der Waals surface area (Å²) in [6.45, 7) is 0.0456. The van der Waals surface area contributed by atoms with Gasteiger partial charge >= 0.3 is 0 Å². The first-order valence-electron chi connectivity index (χ1n) is 6.15. The Morgan fingerprint density at radius 1 is 1.16 bits per heavy atom. The van der Waals surface area contributed by atoms with Crippen molar-refractivity contribution in [3.8, 4) is 0 Å². The second-order valence-electron chi connectivity index (χ2n) is 4.35. The number of aromatic nitrogens is 1. The highest BCUT2D eigenvalue weighted by atomic mass is 19.3. The van der Waals surface area contributed by atoms with Gasteiger partial charge in [-0.05, 0) is 12.1 Å². The van der Waals surface area contributed by atoms with E-state index in [4.69, 9.17) is 5.11 Å². The molecule has 0 unspecified atom stereocenters. The topological polar surface area (TPSA) is 36.4 Å². The number of halogens is 2. The molecule has 0 bridgehead atoms. The lowest BCUT2D eigenvalue weighted by molar-refractivity contribution is 0.0741. The van der Waals surface area contributed by atoms with Gasteiger partial charge < -0.3 is 5.11 Å². The van der Waals surface area contributed by atoms with Crippen LogP contribution in [0, 0.1) is 0 Å². The molecule has 1 heterocycles. The maximum absolute atomic E-state index is 12.4. The fourth-order valence-corrected chi connectivity index (χ4v) is 2.00. The van der Waals surface area contributed by atoms with Crippen molar-refractivity contribution < 1.29 is 13.9 Å². The summed E-state index contributed by atoms with van der Waals surface area (Å²) in [4.78, 5) is 5.94. The van der Waals surface area contributed by atoms with Gasteiger partial charge in [0.1, 0.15) is 0 Å². The fourth-order valence-electron chi connectivity index (χ4n) is 2.00. The van der Waals surface area contributed by atoms with Crippen LogP contribution in [0.25, 0.3) is 10.9 Å². The molecule has 0 aliphatic rings. The fraction of sp³-hybridized carbons (Fsp3) is 0.357. The Labute approximate surface area is 110 Å². The second kappa shape index (κ2) is 6.54. The van der Waals surface area contributed by atoms with E-state index in [9.17, 15) is 8.78 Å². The first-order chi connectivity index (χ1) is 9.19. The number of rotatable bonds is 6. The number of aliphatic hydroxyl groups is 1. The first-order valence-corrected chi connectivity index (χ1v) is 6.15. The molecule has 1 aromatic heterocycles. The normalized spacial score (nSPS) is 11.6. The predicted molar refractivity (Wildman–Crippen MR) is 70.1 cm³/mol. The minimum atomic E-state index is -2.41. The van der Waals surface area contributed by atoms with Gasteiger partial charge in [0.05, 0.1) is 24.4 Å². The number of aliphatic hydroxyl groups excluding tert-OH is 1. The van der Waals surface area contributed by atoms with Gasteiger partial charge in [0.15, 0.2) is 0 Å². The third-order valence-electron chi connectivity index (χ3n) is 2.85. The largest absolute Gasteiger partial charge is 0.395 e. The Balaban J connectivity index is 2.13. The summed E-state index contributed by atoms with van der Waals surface area (Å²) in [5.41, 5.74) is 1.58. The first kappa shape index (κ1) is 13.8. The van der Waals surface area contributed by atoms with Crippen LogP contribution in [0.4, 0.5) is 8.78 Å². The predicted octanol–water partition coefficient (Wildman–Crippen LogP) is 2.29. The summed E-state index contributed by atoms with van der Waals surface area (Å²) in [6.07, 6.45) is -2.41. The van der Waals surface area contributed by atoms with E-state index in [1.807, 2.05) is 36.4 Å². The SMILES string of the molecule is OCCN(Cc1ccc2ccccc2n1)CC(F)F. The molecule has 1 aromatic carbocycles. The van der Waals surface area contributed by atoms with Crippen LogP contribution in [-0.4, -0.2) is 41.1 Å². The van der Waals surface area contributed by atoms with Gasteiger partial charge in [-0.15, -0.1) is 0 Å². The van der Waals surface area contributed by atoms with E-state index in [0.717, 1.165) is 16.6 Å². The molecule has 0 saturated carbocycles. The van der Waals surface area contributed by atoms with Crippen molar-refractivity contribution in [2.75, 3.05) is 19.7 Å². The van der Waals surface area contributed by atoms with Crippen LogP contribution in [0.15, 0.2) is 36.4 Å². The summed E-state index contributed by atoms with van der Waals surface area (Å²) in [5.74, 6) is 0. The molecule has 1 N–H and O–H groups in total. The van der Waals surface area contributed by atoms with E-state index in [0.29, 0.717) is 6.54 Å². The van der Waals surface area contributed by atoms with Crippen LogP contribution in [0.3, 0.4) is 0 Å². The lowest BCUT2D eigenvalue weighted by Gasteiger charge is -2.20. The highest BCUT2D eigenvalue weighted by molar-refractivity contribution is 5.78. The van der Waals surface area contributed by atoms with Gasteiger partial charge in [-0.1, -0.05) is 24.3 Å². The summed E-state index contributed by atoms with van der Waals surface area (Å²) >= 11 is 0. The number of benzene rings is 1. The Hall–Kier alpha value is -1.59. The molecule has 0 radical (unpaired) electrons. The van der Waals surface area contributed by atoms with Crippen LogP contribution in [-0.2, 0) is 6.54 Å². The Kier molecular flexibility index (Phi) is 4.76. The van der Waals surface area contributed by atoms with Gasteiger partial charge in [0.25, 0.3) is 6.43 Å². The Morgan fingerprint density at radius 2 is 1.95 bits per heavy atom. The van der Waals surface area contributed by atoms with Crippen molar-refractivity contribution >= 4 is 10.9 Å². The number of nitrogens with zero attached hydrogens (tertiary/aromatic N) is 2. The molecule has 5 heteroatoms. The number of pyridine rings is 1. The van der Waals surface area contributed by atoms with Crippen molar-refractivity contribution in [2.24, 2.45) is 0 Å². The molecule has 0 atom stereocenters. The van der Waals surface area contributed by atoms with Crippen LogP contribution in [0.5, 0.6) is 0 Å². The van der Waals surface area contributed by atoms with Crippen molar-refractivity contribution in [1.82, 2.24) is 9.88 Å². The summed E-state index contributed by atoms with van der Waals surface area (Å²) in [6, 6.07) is 11.4. The van der Waals surface area contributed by atoms with E-state index in [1.54, 1.807) is 0 Å². The average Bonchev–Trinajstić information content (AvgIpc) is 2.38. The van der Waals surface area contributed by atoms with E-state index in [1.165, 1.54) is 4.90 Å². The molecule has 2 rings (SSSR count). The Bertz CT molecular complexity index is 534. The van der Waals surface area contributed by atoms with Gasteiger partial charge in [0.2, 0.25) is 0 Å². The number of alkyl halides is 2. The molecular weight excluding hydrogens is 250 g/mol. The highest BCUT2D eigenvalue weighted by Crippen LogP contribution is 2.13. The number of para-hydroxylation sites is 1. The summed E-state index contributed by atoms with van der Waals surface area (Å²) in [5, 5.41) is 9.91. The smallest absolute Gasteiger partial charge is 0.251 e. The van der Waals surface area contributed by atoms with Crippen molar-refractivity contribution in [2.45, 2.75) is 13.0 Å². The van der Waals surface area contributed by atoms with E-state index in [2.05, 4.69) is 4.98 Å². The van der Waals surface area contributed by atoms with Gasteiger partial charge in [-0.25, -0.2) is 8.78 Å². The molecule has 0 amide bonds. The zero-order valence-electron chi connectivity index (χ0n) is 10.5. The van der Waals surface area contributed by atoms with Crippen LogP contribution >= 0.6 is 0 Å². The van der Waals surface area contributed by atoms with Crippen LogP contribution < -0.4 is 0 Å². The van der Waals surface area contributed by atoms with Crippen molar-refractivity contribution in [3.63, 3.8) is 0 Å². The quantitative estimate of drug-likeness (QED) is 0.871. The molecule has 0 aliphatic heterocycles. The summed E-state index contributed by atoms with van der Waals surface area (Å²) < 4.78 is 24.8. The molecule has 0 fully saturated rings. The van der Waals surface area contributed by atoms with Crippen molar-refractivity contribution in [3.05, 3.63) is 42.1 Å². The third-order valence-corrected chi connectivity index (χ3v) is 2.85. The summed E-state index contributed by atoms with van der Waals surface area (Å²) in [7, 11) is 0. The molecule has 19 heavy (non-hydrogen) atoms. The number of hydrogen-bond donors (Lipinski definition) is 1. The molecule has 0 aliphatic carbocycles. The monoisotopic (exact) mass is 266 g/mol. The molecule has 0 saturated heterocycles. The maximum atomic E-state index is 12.4. The molecule has 0 spiro atoms. The average molecular weight is 266 g/mol.